The molecule has 0 aromatic heterocycles. The Hall–Kier alpha value is -2.11. The van der Waals surface area contributed by atoms with Gasteiger partial charge in [-0.15, -0.1) is 0 Å². The quantitative estimate of drug-likeness (QED) is 0.456. The van der Waals surface area contributed by atoms with Crippen LogP contribution in [0.5, 0.6) is 5.75 Å². The van der Waals surface area contributed by atoms with Gasteiger partial charge in [0.25, 0.3) is 0 Å². The van der Waals surface area contributed by atoms with E-state index in [1.165, 1.54) is 13.2 Å². The standard InChI is InChI=1S/C12H15NO5/c1-8-5-4-6-10(11(8)13(15)16)18-7-9(2)12(14)17-3/h4-6,9H,7H2,1-3H3. The van der Waals surface area contributed by atoms with Crippen LogP contribution in [0.15, 0.2) is 18.2 Å². The van der Waals surface area contributed by atoms with Crippen molar-refractivity contribution in [3.63, 3.8) is 0 Å². The molecule has 0 saturated carbocycles. The maximum Gasteiger partial charge on any atom is 0.313 e. The third-order valence-electron chi connectivity index (χ3n) is 2.48. The van der Waals surface area contributed by atoms with Crippen LogP contribution in [0.3, 0.4) is 0 Å². The van der Waals surface area contributed by atoms with Gasteiger partial charge in [0.05, 0.1) is 18.0 Å². The smallest absolute Gasteiger partial charge is 0.313 e. The number of hydrogen-bond acceptors (Lipinski definition) is 5. The van der Waals surface area contributed by atoms with Crippen molar-refractivity contribution in [3.05, 3.63) is 33.9 Å². The molecular weight excluding hydrogens is 238 g/mol. The van der Waals surface area contributed by atoms with Crippen molar-refractivity contribution >= 4 is 11.7 Å². The van der Waals surface area contributed by atoms with E-state index in [0.29, 0.717) is 5.56 Å². The number of benzene rings is 1. The molecule has 0 bridgehead atoms. The molecule has 0 saturated heterocycles. The maximum absolute atomic E-state index is 11.2. The van der Waals surface area contributed by atoms with Crippen LogP contribution in [0.25, 0.3) is 0 Å². The van der Waals surface area contributed by atoms with E-state index >= 15 is 0 Å². The molecule has 6 nitrogen and oxygen atoms in total. The number of ether oxygens (including phenoxy) is 2. The number of carbonyl (C=O) groups is 1. The van der Waals surface area contributed by atoms with E-state index < -0.39 is 16.8 Å². The third kappa shape index (κ3) is 3.19. The lowest BCUT2D eigenvalue weighted by molar-refractivity contribution is -0.386. The summed E-state index contributed by atoms with van der Waals surface area (Å²) in [5, 5.41) is 10.9. The monoisotopic (exact) mass is 253 g/mol. The molecule has 1 rings (SSSR count). The summed E-state index contributed by atoms with van der Waals surface area (Å²) in [6.07, 6.45) is 0. The zero-order valence-corrected chi connectivity index (χ0v) is 10.5. The lowest BCUT2D eigenvalue weighted by Crippen LogP contribution is -2.20. The lowest BCUT2D eigenvalue weighted by Gasteiger charge is -2.11. The molecule has 1 aromatic carbocycles. The predicted octanol–water partition coefficient (Wildman–Crippen LogP) is 2.09. The van der Waals surface area contributed by atoms with Crippen molar-refractivity contribution < 1.29 is 19.2 Å². The second kappa shape index (κ2) is 6.00. The van der Waals surface area contributed by atoms with Gasteiger partial charge in [-0.3, -0.25) is 14.9 Å². The van der Waals surface area contributed by atoms with Crippen LogP contribution in [0.4, 0.5) is 5.69 Å². The van der Waals surface area contributed by atoms with Gasteiger partial charge >= 0.3 is 11.7 Å². The average molecular weight is 253 g/mol. The van der Waals surface area contributed by atoms with Crippen molar-refractivity contribution in [1.82, 2.24) is 0 Å². The van der Waals surface area contributed by atoms with Gasteiger partial charge in [-0.1, -0.05) is 12.1 Å². The van der Waals surface area contributed by atoms with E-state index in [4.69, 9.17) is 4.74 Å². The summed E-state index contributed by atoms with van der Waals surface area (Å²) < 4.78 is 9.87. The van der Waals surface area contributed by atoms with Gasteiger partial charge in [-0.25, -0.2) is 0 Å². The normalized spacial score (nSPS) is 11.7. The molecule has 1 atom stereocenters. The third-order valence-corrected chi connectivity index (χ3v) is 2.48. The predicted molar refractivity (Wildman–Crippen MR) is 64.5 cm³/mol. The molecule has 18 heavy (non-hydrogen) atoms. The van der Waals surface area contributed by atoms with Crippen molar-refractivity contribution in [2.24, 2.45) is 5.92 Å². The van der Waals surface area contributed by atoms with Gasteiger partial charge in [0.1, 0.15) is 6.61 Å². The highest BCUT2D eigenvalue weighted by atomic mass is 16.6. The summed E-state index contributed by atoms with van der Waals surface area (Å²) in [5.41, 5.74) is 0.442. The fourth-order valence-corrected chi connectivity index (χ4v) is 1.47. The number of esters is 1. The van der Waals surface area contributed by atoms with E-state index in [9.17, 15) is 14.9 Å². The molecule has 1 unspecified atom stereocenters. The molecule has 0 spiro atoms. The van der Waals surface area contributed by atoms with Gasteiger partial charge in [0, 0.05) is 5.56 Å². The van der Waals surface area contributed by atoms with Crippen molar-refractivity contribution in [3.8, 4) is 5.75 Å². The molecular formula is C12H15NO5. The zero-order valence-electron chi connectivity index (χ0n) is 10.5. The molecule has 0 N–H and O–H groups in total. The van der Waals surface area contributed by atoms with Crippen molar-refractivity contribution in [2.75, 3.05) is 13.7 Å². The molecule has 0 aliphatic heterocycles. The summed E-state index contributed by atoms with van der Waals surface area (Å²) in [5.74, 6) is -0.726. The minimum absolute atomic E-state index is 0.0387. The number of para-hydroxylation sites is 1. The Bertz CT molecular complexity index is 458. The number of hydrogen-bond donors (Lipinski definition) is 0. The van der Waals surface area contributed by atoms with Crippen LogP contribution in [0.2, 0.25) is 0 Å². The van der Waals surface area contributed by atoms with E-state index in [1.807, 2.05) is 0 Å². The Kier molecular flexibility index (Phi) is 4.65. The first-order valence-corrected chi connectivity index (χ1v) is 5.42. The van der Waals surface area contributed by atoms with E-state index in [-0.39, 0.29) is 18.0 Å². The summed E-state index contributed by atoms with van der Waals surface area (Å²) in [7, 11) is 1.29. The second-order valence-corrected chi connectivity index (χ2v) is 3.91. The summed E-state index contributed by atoms with van der Waals surface area (Å²) in [4.78, 5) is 21.6. The average Bonchev–Trinajstić information content (AvgIpc) is 2.34. The van der Waals surface area contributed by atoms with E-state index in [2.05, 4.69) is 4.74 Å². The number of methoxy groups -OCH3 is 1. The van der Waals surface area contributed by atoms with Crippen LogP contribution in [-0.2, 0) is 9.53 Å². The lowest BCUT2D eigenvalue weighted by atomic mass is 10.2. The van der Waals surface area contributed by atoms with Crippen molar-refractivity contribution in [2.45, 2.75) is 13.8 Å². The molecule has 1 aromatic rings. The Morgan fingerprint density at radius 1 is 1.50 bits per heavy atom. The summed E-state index contributed by atoms with van der Waals surface area (Å²) in [6.45, 7) is 3.30. The highest BCUT2D eigenvalue weighted by molar-refractivity contribution is 5.72. The Morgan fingerprint density at radius 3 is 2.72 bits per heavy atom. The van der Waals surface area contributed by atoms with Gasteiger partial charge in [-0.05, 0) is 19.9 Å². The van der Waals surface area contributed by atoms with Crippen LogP contribution in [0.1, 0.15) is 12.5 Å². The van der Waals surface area contributed by atoms with Gasteiger partial charge in [-0.2, -0.15) is 0 Å². The fourth-order valence-electron chi connectivity index (χ4n) is 1.47. The fraction of sp³-hybridized carbons (Fsp3) is 0.417. The van der Waals surface area contributed by atoms with Gasteiger partial charge < -0.3 is 9.47 Å². The number of nitrogens with zero attached hydrogens (tertiary/aromatic N) is 1. The SMILES string of the molecule is COC(=O)C(C)COc1cccc(C)c1[N+](=O)[O-]. The highest BCUT2D eigenvalue weighted by Crippen LogP contribution is 2.30. The molecule has 0 amide bonds. The molecule has 6 heteroatoms. The number of aryl methyl sites for hydroxylation is 1. The first-order chi connectivity index (χ1) is 8.47. The largest absolute Gasteiger partial charge is 0.486 e. The molecule has 0 aliphatic rings. The number of nitro benzene ring substituents is 1. The van der Waals surface area contributed by atoms with Crippen LogP contribution in [-0.4, -0.2) is 24.6 Å². The molecule has 0 fully saturated rings. The molecule has 98 valence electrons. The van der Waals surface area contributed by atoms with E-state index in [0.717, 1.165) is 0 Å². The minimum atomic E-state index is -0.493. The number of rotatable bonds is 5. The van der Waals surface area contributed by atoms with Crippen LogP contribution >= 0.6 is 0 Å². The topological polar surface area (TPSA) is 78.7 Å². The highest BCUT2D eigenvalue weighted by Gasteiger charge is 2.20. The first kappa shape index (κ1) is 14.0. The zero-order chi connectivity index (χ0) is 13.7. The Balaban J connectivity index is 2.82. The summed E-state index contributed by atoms with van der Waals surface area (Å²) in [6, 6.07) is 4.81. The van der Waals surface area contributed by atoms with E-state index in [1.54, 1.807) is 26.0 Å². The molecule has 0 heterocycles. The van der Waals surface area contributed by atoms with Gasteiger partial charge in [0.15, 0.2) is 5.75 Å². The van der Waals surface area contributed by atoms with Crippen molar-refractivity contribution in [1.29, 1.82) is 0 Å². The maximum atomic E-state index is 11.2. The molecule has 0 radical (unpaired) electrons. The number of nitro groups is 1. The van der Waals surface area contributed by atoms with Crippen LogP contribution < -0.4 is 4.74 Å². The summed E-state index contributed by atoms with van der Waals surface area (Å²) >= 11 is 0. The second-order valence-electron chi connectivity index (χ2n) is 3.91. The van der Waals surface area contributed by atoms with Crippen LogP contribution in [0, 0.1) is 23.0 Å². The minimum Gasteiger partial charge on any atom is -0.486 e. The number of carbonyl (C=O) groups excluding carboxylic acids is 1. The molecule has 0 aliphatic carbocycles. The first-order valence-electron chi connectivity index (χ1n) is 5.42. The Morgan fingerprint density at radius 2 is 2.17 bits per heavy atom. The van der Waals surface area contributed by atoms with Gasteiger partial charge in [0.2, 0.25) is 0 Å². The Labute approximate surface area is 105 Å².